The molecule has 1 aromatic rings. The normalized spacial score (nSPS) is 15.5. The fourth-order valence-corrected chi connectivity index (χ4v) is 2.55. The molecule has 0 atom stereocenters. The molecule has 1 aliphatic heterocycles. The van der Waals surface area contributed by atoms with E-state index in [4.69, 9.17) is 0 Å². The van der Waals surface area contributed by atoms with Gasteiger partial charge in [-0.2, -0.15) is 0 Å². The van der Waals surface area contributed by atoms with Crippen LogP contribution in [0.15, 0.2) is 18.2 Å². The Morgan fingerprint density at radius 2 is 1.91 bits per heavy atom. The monoisotopic (exact) mass is 310 g/mol. The summed E-state index contributed by atoms with van der Waals surface area (Å²) in [6.45, 7) is 1.57. The van der Waals surface area contributed by atoms with Gasteiger partial charge in [0.2, 0.25) is 5.91 Å². The molecule has 22 heavy (non-hydrogen) atoms. The second-order valence-corrected chi connectivity index (χ2v) is 5.40. The third kappa shape index (κ3) is 4.26. The molecular weight excluding hydrogens is 290 g/mol. The van der Waals surface area contributed by atoms with E-state index in [1.165, 1.54) is 6.07 Å². The molecule has 0 unspecified atom stereocenters. The Balaban J connectivity index is 1.79. The molecule has 0 aromatic heterocycles. The minimum absolute atomic E-state index is 0.143. The molecule has 0 saturated carbocycles. The van der Waals surface area contributed by atoms with Crippen LogP contribution in [0, 0.1) is 11.6 Å². The van der Waals surface area contributed by atoms with Crippen molar-refractivity contribution in [2.45, 2.75) is 32.1 Å². The molecule has 0 radical (unpaired) electrons. The Bertz CT molecular complexity index is 529. The molecule has 1 aromatic carbocycles. The van der Waals surface area contributed by atoms with Gasteiger partial charge in [0.25, 0.3) is 5.91 Å². The molecule has 2 amide bonds. The number of carbonyl (C=O) groups excluding carboxylic acids is 2. The lowest BCUT2D eigenvalue weighted by molar-refractivity contribution is -0.130. The van der Waals surface area contributed by atoms with Gasteiger partial charge < -0.3 is 10.2 Å². The van der Waals surface area contributed by atoms with Gasteiger partial charge in [0.1, 0.15) is 17.2 Å². The smallest absolute Gasteiger partial charge is 0.257 e. The number of hydrogen-bond acceptors (Lipinski definition) is 2. The summed E-state index contributed by atoms with van der Waals surface area (Å²) in [6, 6.07) is 3.31. The zero-order valence-electron chi connectivity index (χ0n) is 12.4. The summed E-state index contributed by atoms with van der Waals surface area (Å²) >= 11 is 0. The highest BCUT2D eigenvalue weighted by atomic mass is 19.1. The minimum atomic E-state index is -0.875. The third-order valence-electron chi connectivity index (χ3n) is 3.75. The van der Waals surface area contributed by atoms with Gasteiger partial charge in [-0.15, -0.1) is 0 Å². The van der Waals surface area contributed by atoms with Gasteiger partial charge in [0.05, 0.1) is 0 Å². The van der Waals surface area contributed by atoms with Crippen LogP contribution in [0.1, 0.15) is 42.5 Å². The van der Waals surface area contributed by atoms with Crippen LogP contribution < -0.4 is 5.32 Å². The molecule has 1 aliphatic rings. The average molecular weight is 310 g/mol. The Hall–Kier alpha value is -1.98. The number of amides is 2. The van der Waals surface area contributed by atoms with Crippen molar-refractivity contribution in [1.29, 1.82) is 0 Å². The highest BCUT2D eigenvalue weighted by Crippen LogP contribution is 2.12. The van der Waals surface area contributed by atoms with Gasteiger partial charge in [-0.3, -0.25) is 9.59 Å². The summed E-state index contributed by atoms with van der Waals surface area (Å²) in [5, 5.41) is 2.49. The first-order valence-electron chi connectivity index (χ1n) is 7.59. The first-order chi connectivity index (χ1) is 10.6. The average Bonchev–Trinajstić information content (AvgIpc) is 2.68. The summed E-state index contributed by atoms with van der Waals surface area (Å²) < 4.78 is 26.9. The quantitative estimate of drug-likeness (QED) is 0.850. The first-order valence-corrected chi connectivity index (χ1v) is 7.59. The molecule has 1 fully saturated rings. The van der Waals surface area contributed by atoms with E-state index in [1.54, 1.807) is 4.90 Å². The van der Waals surface area contributed by atoms with E-state index in [-0.39, 0.29) is 12.5 Å². The highest BCUT2D eigenvalue weighted by Gasteiger charge is 2.18. The lowest BCUT2D eigenvalue weighted by Crippen LogP contribution is -2.34. The second kappa shape index (κ2) is 7.87. The molecule has 120 valence electrons. The Morgan fingerprint density at radius 3 is 2.64 bits per heavy atom. The number of halogens is 2. The number of benzene rings is 1. The van der Waals surface area contributed by atoms with E-state index in [1.807, 2.05) is 0 Å². The van der Waals surface area contributed by atoms with Crippen molar-refractivity contribution in [3.63, 3.8) is 0 Å². The summed E-state index contributed by atoms with van der Waals surface area (Å²) in [5.41, 5.74) is -0.562. The van der Waals surface area contributed by atoms with Gasteiger partial charge in [0, 0.05) is 26.1 Å². The maximum atomic E-state index is 13.4. The SMILES string of the molecule is O=C(NCCCN1CCCCCC1=O)c1c(F)cccc1F. The number of carbonyl (C=O) groups is 2. The molecule has 0 aliphatic carbocycles. The van der Waals surface area contributed by atoms with Crippen LogP contribution in [0.3, 0.4) is 0 Å². The zero-order chi connectivity index (χ0) is 15.9. The van der Waals surface area contributed by atoms with E-state index in [0.717, 1.165) is 37.9 Å². The van der Waals surface area contributed by atoms with E-state index < -0.39 is 23.1 Å². The lowest BCUT2D eigenvalue weighted by atomic mass is 10.2. The predicted molar refractivity (Wildman–Crippen MR) is 78.4 cm³/mol. The molecular formula is C16H20F2N2O2. The van der Waals surface area contributed by atoms with Crippen LogP contribution in [0.2, 0.25) is 0 Å². The summed E-state index contributed by atoms with van der Waals surface area (Å²) in [7, 11) is 0. The van der Waals surface area contributed by atoms with E-state index in [9.17, 15) is 18.4 Å². The lowest BCUT2D eigenvalue weighted by Gasteiger charge is -2.20. The zero-order valence-corrected chi connectivity index (χ0v) is 12.4. The van der Waals surface area contributed by atoms with Crippen LogP contribution in [0.4, 0.5) is 8.78 Å². The maximum Gasteiger partial charge on any atom is 0.257 e. The Kier molecular flexibility index (Phi) is 5.86. The number of nitrogens with one attached hydrogen (secondary N) is 1. The molecule has 4 nitrogen and oxygen atoms in total. The van der Waals surface area contributed by atoms with Crippen molar-refractivity contribution in [3.8, 4) is 0 Å². The predicted octanol–water partition coefficient (Wildman–Crippen LogP) is 2.49. The van der Waals surface area contributed by atoms with Crippen LogP contribution >= 0.6 is 0 Å². The molecule has 1 saturated heterocycles. The van der Waals surface area contributed by atoms with Gasteiger partial charge in [-0.25, -0.2) is 8.78 Å². The summed E-state index contributed by atoms with van der Waals surface area (Å²) in [4.78, 5) is 25.4. The fourth-order valence-electron chi connectivity index (χ4n) is 2.55. The summed E-state index contributed by atoms with van der Waals surface area (Å²) in [5.74, 6) is -2.37. The van der Waals surface area contributed by atoms with Crippen molar-refractivity contribution in [1.82, 2.24) is 10.2 Å². The van der Waals surface area contributed by atoms with Gasteiger partial charge in [0.15, 0.2) is 0 Å². The van der Waals surface area contributed by atoms with Gasteiger partial charge in [-0.1, -0.05) is 12.5 Å². The van der Waals surface area contributed by atoms with Crippen LogP contribution in [0.25, 0.3) is 0 Å². The molecule has 1 heterocycles. The number of hydrogen-bond donors (Lipinski definition) is 1. The first kappa shape index (κ1) is 16.4. The molecule has 0 spiro atoms. The number of rotatable bonds is 5. The van der Waals surface area contributed by atoms with Crippen LogP contribution in [-0.4, -0.2) is 36.3 Å². The van der Waals surface area contributed by atoms with Crippen molar-refractivity contribution in [3.05, 3.63) is 35.4 Å². The van der Waals surface area contributed by atoms with E-state index in [0.29, 0.717) is 19.4 Å². The van der Waals surface area contributed by atoms with Crippen molar-refractivity contribution in [2.24, 2.45) is 0 Å². The Morgan fingerprint density at radius 1 is 1.18 bits per heavy atom. The highest BCUT2D eigenvalue weighted by molar-refractivity contribution is 5.94. The maximum absolute atomic E-state index is 13.4. The van der Waals surface area contributed by atoms with Crippen molar-refractivity contribution < 1.29 is 18.4 Å². The third-order valence-corrected chi connectivity index (χ3v) is 3.75. The standard InChI is InChI=1S/C16H20F2N2O2/c17-12-6-4-7-13(18)15(12)16(22)19-9-5-11-20-10-3-1-2-8-14(20)21/h4,6-7H,1-3,5,8-11H2,(H,19,22). The molecule has 1 N–H and O–H groups in total. The second-order valence-electron chi connectivity index (χ2n) is 5.40. The van der Waals surface area contributed by atoms with Gasteiger partial charge >= 0.3 is 0 Å². The van der Waals surface area contributed by atoms with Gasteiger partial charge in [-0.05, 0) is 31.4 Å². The van der Waals surface area contributed by atoms with E-state index >= 15 is 0 Å². The molecule has 2 rings (SSSR count). The van der Waals surface area contributed by atoms with Crippen LogP contribution in [0.5, 0.6) is 0 Å². The number of nitrogens with zero attached hydrogens (tertiary/aromatic N) is 1. The van der Waals surface area contributed by atoms with Crippen molar-refractivity contribution in [2.75, 3.05) is 19.6 Å². The van der Waals surface area contributed by atoms with Crippen LogP contribution in [-0.2, 0) is 4.79 Å². The molecule has 6 heteroatoms. The largest absolute Gasteiger partial charge is 0.352 e. The number of likely N-dealkylation sites (tertiary alicyclic amines) is 1. The minimum Gasteiger partial charge on any atom is -0.352 e. The topological polar surface area (TPSA) is 49.4 Å². The fraction of sp³-hybridized carbons (Fsp3) is 0.500. The van der Waals surface area contributed by atoms with E-state index in [2.05, 4.69) is 5.32 Å². The summed E-state index contributed by atoms with van der Waals surface area (Å²) in [6.07, 6.45) is 4.13. The molecule has 0 bridgehead atoms. The van der Waals surface area contributed by atoms with Crippen molar-refractivity contribution >= 4 is 11.8 Å². The Labute approximate surface area is 128 Å².